The summed E-state index contributed by atoms with van der Waals surface area (Å²) < 4.78 is 0. The molecule has 0 radical (unpaired) electrons. The summed E-state index contributed by atoms with van der Waals surface area (Å²) in [5.74, 6) is 0.540. The predicted molar refractivity (Wildman–Crippen MR) is 93.7 cm³/mol. The van der Waals surface area contributed by atoms with Crippen molar-refractivity contribution in [1.82, 2.24) is 19.6 Å². The lowest BCUT2D eigenvalue weighted by Gasteiger charge is -2.49. The van der Waals surface area contributed by atoms with Crippen molar-refractivity contribution in [2.45, 2.75) is 44.1 Å². The van der Waals surface area contributed by atoms with Crippen LogP contribution < -0.4 is 0 Å². The van der Waals surface area contributed by atoms with Gasteiger partial charge in [0, 0.05) is 58.3 Å². The van der Waals surface area contributed by atoms with Crippen molar-refractivity contribution in [3.63, 3.8) is 0 Å². The Morgan fingerprint density at radius 3 is 2.50 bits per heavy atom. The second-order valence-electron chi connectivity index (χ2n) is 7.86. The van der Waals surface area contributed by atoms with Gasteiger partial charge < -0.3 is 9.80 Å². The molecule has 0 saturated carbocycles. The van der Waals surface area contributed by atoms with E-state index in [1.54, 1.807) is 0 Å². The first-order chi connectivity index (χ1) is 11.5. The normalized spacial score (nSPS) is 30.7. The van der Waals surface area contributed by atoms with Gasteiger partial charge in [0.2, 0.25) is 11.8 Å². The second-order valence-corrected chi connectivity index (χ2v) is 7.86. The van der Waals surface area contributed by atoms with Gasteiger partial charge in [-0.25, -0.2) is 0 Å². The molecule has 0 aromatic heterocycles. The maximum Gasteiger partial charge on any atom is 0.236 e. The average Bonchev–Trinajstić information content (AvgIpc) is 2.74. The number of piperazine rings is 1. The van der Waals surface area contributed by atoms with E-state index in [1.807, 2.05) is 16.8 Å². The van der Waals surface area contributed by atoms with Gasteiger partial charge in [-0.2, -0.15) is 0 Å². The summed E-state index contributed by atoms with van der Waals surface area (Å²) in [6.07, 6.45) is 6.07. The van der Waals surface area contributed by atoms with Gasteiger partial charge >= 0.3 is 0 Å². The van der Waals surface area contributed by atoms with Crippen LogP contribution in [0.2, 0.25) is 0 Å². The summed E-state index contributed by atoms with van der Waals surface area (Å²) in [6, 6.07) is 0. The van der Waals surface area contributed by atoms with E-state index in [4.69, 9.17) is 0 Å². The van der Waals surface area contributed by atoms with Crippen LogP contribution in [-0.4, -0.2) is 96.9 Å². The zero-order valence-electron chi connectivity index (χ0n) is 15.3. The Kier molecular flexibility index (Phi) is 5.45. The number of amides is 2. The first-order valence-corrected chi connectivity index (χ1v) is 9.45. The van der Waals surface area contributed by atoms with Crippen LogP contribution in [0.1, 0.15) is 38.5 Å². The van der Waals surface area contributed by atoms with Crippen molar-refractivity contribution in [1.29, 1.82) is 0 Å². The number of piperidine rings is 1. The zero-order valence-corrected chi connectivity index (χ0v) is 15.3. The third-order valence-electron chi connectivity index (χ3n) is 6.29. The molecule has 0 aliphatic carbocycles. The van der Waals surface area contributed by atoms with Crippen LogP contribution in [0.4, 0.5) is 0 Å². The maximum absolute atomic E-state index is 12.6. The van der Waals surface area contributed by atoms with E-state index < -0.39 is 0 Å². The summed E-state index contributed by atoms with van der Waals surface area (Å²) in [6.45, 7) is 6.04. The van der Waals surface area contributed by atoms with Crippen LogP contribution in [0.3, 0.4) is 0 Å². The van der Waals surface area contributed by atoms with Crippen LogP contribution in [-0.2, 0) is 9.59 Å². The number of carbonyl (C=O) groups excluding carboxylic acids is 2. The number of likely N-dealkylation sites (N-methyl/N-ethyl adjacent to an activating group) is 1. The van der Waals surface area contributed by atoms with E-state index in [0.29, 0.717) is 13.0 Å². The Morgan fingerprint density at radius 2 is 1.75 bits per heavy atom. The molecule has 2 amide bonds. The molecule has 3 fully saturated rings. The molecule has 136 valence electrons. The van der Waals surface area contributed by atoms with E-state index >= 15 is 0 Å². The highest BCUT2D eigenvalue weighted by Crippen LogP contribution is 2.31. The summed E-state index contributed by atoms with van der Waals surface area (Å²) >= 11 is 0. The molecule has 3 saturated heterocycles. The Labute approximate surface area is 145 Å². The van der Waals surface area contributed by atoms with Crippen molar-refractivity contribution >= 4 is 11.8 Å². The molecule has 3 heterocycles. The molecule has 0 aromatic rings. The molecular weight excluding hydrogens is 304 g/mol. The topological polar surface area (TPSA) is 47.1 Å². The van der Waals surface area contributed by atoms with Crippen molar-refractivity contribution in [2.24, 2.45) is 0 Å². The largest absolute Gasteiger partial charge is 0.346 e. The molecule has 1 atom stereocenters. The molecule has 0 N–H and O–H groups in total. The lowest BCUT2D eigenvalue weighted by molar-refractivity contribution is -0.135. The highest BCUT2D eigenvalue weighted by atomic mass is 16.2. The van der Waals surface area contributed by atoms with Crippen LogP contribution in [0.15, 0.2) is 0 Å². The highest BCUT2D eigenvalue weighted by molar-refractivity contribution is 5.78. The Hall–Kier alpha value is -1.14. The molecule has 1 spiro atoms. The van der Waals surface area contributed by atoms with Gasteiger partial charge in [-0.1, -0.05) is 0 Å². The molecule has 3 aliphatic rings. The number of nitrogens with zero attached hydrogens (tertiary/aromatic N) is 4. The Morgan fingerprint density at radius 1 is 1.00 bits per heavy atom. The van der Waals surface area contributed by atoms with Crippen LogP contribution in [0, 0.1) is 0 Å². The van der Waals surface area contributed by atoms with Gasteiger partial charge in [-0.15, -0.1) is 0 Å². The first kappa shape index (κ1) is 17.7. The van der Waals surface area contributed by atoms with E-state index in [0.717, 1.165) is 65.0 Å². The third-order valence-corrected chi connectivity index (χ3v) is 6.29. The van der Waals surface area contributed by atoms with Crippen molar-refractivity contribution in [2.75, 3.05) is 59.9 Å². The molecule has 0 aromatic carbocycles. The number of hydrogen-bond acceptors (Lipinski definition) is 4. The molecule has 3 rings (SSSR count). The molecule has 24 heavy (non-hydrogen) atoms. The fourth-order valence-corrected chi connectivity index (χ4v) is 4.41. The lowest BCUT2D eigenvalue weighted by atomic mass is 9.86. The van der Waals surface area contributed by atoms with Gasteiger partial charge in [-0.05, 0) is 39.2 Å². The van der Waals surface area contributed by atoms with Gasteiger partial charge in [-0.3, -0.25) is 19.4 Å². The SMILES string of the molecule is CN1CC[C@]2(CCC1=O)CN(CC(=O)N1CCCCC1)CCN2C. The Balaban J connectivity index is 1.62. The highest BCUT2D eigenvalue weighted by Gasteiger charge is 2.42. The lowest BCUT2D eigenvalue weighted by Crippen LogP contribution is -2.62. The summed E-state index contributed by atoms with van der Waals surface area (Å²) in [5.41, 5.74) is 0.0425. The van der Waals surface area contributed by atoms with Gasteiger partial charge in [0.15, 0.2) is 0 Å². The minimum absolute atomic E-state index is 0.0425. The standard InChI is InChI=1S/C18H32N4O2/c1-19-11-8-18(7-6-16(19)23)15-21(13-12-20(18)2)14-17(24)22-9-4-3-5-10-22/h3-15H2,1-2H3/t18-/m1/s1. The van der Waals surface area contributed by atoms with Crippen molar-refractivity contribution in [3.05, 3.63) is 0 Å². The van der Waals surface area contributed by atoms with Crippen LogP contribution in [0.25, 0.3) is 0 Å². The molecule has 0 bridgehead atoms. The predicted octanol–water partition coefficient (Wildman–Crippen LogP) is 0.627. The molecular formula is C18H32N4O2. The van der Waals surface area contributed by atoms with Gasteiger partial charge in [0.05, 0.1) is 6.54 Å². The summed E-state index contributed by atoms with van der Waals surface area (Å²) in [5, 5.41) is 0. The van der Waals surface area contributed by atoms with Crippen molar-refractivity contribution < 1.29 is 9.59 Å². The quantitative estimate of drug-likeness (QED) is 0.742. The second kappa shape index (κ2) is 7.40. The van der Waals surface area contributed by atoms with Crippen LogP contribution in [0.5, 0.6) is 0 Å². The van der Waals surface area contributed by atoms with Crippen molar-refractivity contribution in [3.8, 4) is 0 Å². The van der Waals surface area contributed by atoms with E-state index in [1.165, 1.54) is 6.42 Å². The monoisotopic (exact) mass is 336 g/mol. The van der Waals surface area contributed by atoms with Crippen LogP contribution >= 0.6 is 0 Å². The minimum atomic E-state index is 0.0425. The van der Waals surface area contributed by atoms with E-state index in [9.17, 15) is 9.59 Å². The number of carbonyl (C=O) groups is 2. The molecule has 6 heteroatoms. The molecule has 0 unspecified atom stereocenters. The van der Waals surface area contributed by atoms with Gasteiger partial charge in [0.25, 0.3) is 0 Å². The fourth-order valence-electron chi connectivity index (χ4n) is 4.41. The molecule has 3 aliphatic heterocycles. The summed E-state index contributed by atoms with van der Waals surface area (Å²) in [4.78, 5) is 33.3. The minimum Gasteiger partial charge on any atom is -0.346 e. The van der Waals surface area contributed by atoms with Gasteiger partial charge in [0.1, 0.15) is 0 Å². The number of hydrogen-bond donors (Lipinski definition) is 0. The smallest absolute Gasteiger partial charge is 0.236 e. The first-order valence-electron chi connectivity index (χ1n) is 9.45. The van der Waals surface area contributed by atoms with E-state index in [-0.39, 0.29) is 17.4 Å². The zero-order chi connectivity index (χ0) is 17.2. The maximum atomic E-state index is 12.6. The number of likely N-dealkylation sites (tertiary alicyclic amines) is 2. The van der Waals surface area contributed by atoms with E-state index in [2.05, 4.69) is 16.8 Å². The number of rotatable bonds is 2. The third kappa shape index (κ3) is 3.75. The summed E-state index contributed by atoms with van der Waals surface area (Å²) in [7, 11) is 4.08. The fraction of sp³-hybridized carbons (Fsp3) is 0.889. The average molecular weight is 336 g/mol. The Bertz CT molecular complexity index is 478. The molecule has 6 nitrogen and oxygen atoms in total.